The Morgan fingerprint density at radius 2 is 2.00 bits per heavy atom. The van der Waals surface area contributed by atoms with Crippen LogP contribution >= 0.6 is 0 Å². The van der Waals surface area contributed by atoms with Gasteiger partial charge in [-0.2, -0.15) is 0 Å². The van der Waals surface area contributed by atoms with E-state index in [0.29, 0.717) is 5.92 Å². The largest absolute Gasteiger partial charge is 0.370 e. The molecule has 0 aromatic carbocycles. The quantitative estimate of drug-likeness (QED) is 0.896. The molecule has 21 heavy (non-hydrogen) atoms. The Hall–Kier alpha value is -1.32. The predicted octanol–water partition coefficient (Wildman–Crippen LogP) is 3.72. The van der Waals surface area contributed by atoms with Crippen molar-refractivity contribution >= 4 is 11.6 Å². The summed E-state index contributed by atoms with van der Waals surface area (Å²) < 4.78 is 0. The second kappa shape index (κ2) is 6.20. The first kappa shape index (κ1) is 14.6. The molecule has 116 valence electrons. The van der Waals surface area contributed by atoms with Gasteiger partial charge in [0.25, 0.3) is 0 Å². The summed E-state index contributed by atoms with van der Waals surface area (Å²) in [5, 5.41) is 3.43. The van der Waals surface area contributed by atoms with Gasteiger partial charge in [-0.1, -0.05) is 13.3 Å². The minimum absolute atomic E-state index is 0.605. The highest BCUT2D eigenvalue weighted by molar-refractivity contribution is 5.59. The monoisotopic (exact) mass is 288 g/mol. The zero-order valence-corrected chi connectivity index (χ0v) is 13.7. The fraction of sp³-hybridized carbons (Fsp3) is 0.765. The van der Waals surface area contributed by atoms with E-state index in [1.54, 1.807) is 0 Å². The van der Waals surface area contributed by atoms with Crippen molar-refractivity contribution < 1.29 is 0 Å². The molecule has 1 aliphatic heterocycles. The maximum Gasteiger partial charge on any atom is 0.137 e. The molecule has 2 heterocycles. The van der Waals surface area contributed by atoms with Crippen LogP contribution in [0.2, 0.25) is 0 Å². The van der Waals surface area contributed by atoms with Gasteiger partial charge in [-0.3, -0.25) is 0 Å². The summed E-state index contributed by atoms with van der Waals surface area (Å²) in [5.41, 5.74) is 1.22. The van der Waals surface area contributed by atoms with E-state index < -0.39 is 0 Å². The Morgan fingerprint density at radius 3 is 2.67 bits per heavy atom. The van der Waals surface area contributed by atoms with E-state index in [2.05, 4.69) is 31.0 Å². The lowest BCUT2D eigenvalue weighted by Crippen LogP contribution is -2.36. The van der Waals surface area contributed by atoms with E-state index in [0.717, 1.165) is 37.2 Å². The van der Waals surface area contributed by atoms with Crippen LogP contribution in [0, 0.1) is 12.8 Å². The molecule has 1 aromatic heterocycles. The average Bonchev–Trinajstić information content (AvgIpc) is 3.34. The summed E-state index contributed by atoms with van der Waals surface area (Å²) in [7, 11) is 0. The van der Waals surface area contributed by atoms with Gasteiger partial charge >= 0.3 is 0 Å². The second-order valence-electron chi connectivity index (χ2n) is 6.55. The fourth-order valence-electron chi connectivity index (χ4n) is 3.28. The smallest absolute Gasteiger partial charge is 0.137 e. The van der Waals surface area contributed by atoms with E-state index in [9.17, 15) is 0 Å². The van der Waals surface area contributed by atoms with Crippen molar-refractivity contribution in [2.75, 3.05) is 29.9 Å². The van der Waals surface area contributed by atoms with E-state index in [1.165, 1.54) is 43.5 Å². The maximum absolute atomic E-state index is 4.94. The van der Waals surface area contributed by atoms with Gasteiger partial charge in [-0.05, 0) is 45.4 Å². The highest BCUT2D eigenvalue weighted by Crippen LogP contribution is 2.40. The normalized spacial score (nSPS) is 22.4. The molecule has 1 aliphatic carbocycles. The van der Waals surface area contributed by atoms with E-state index in [4.69, 9.17) is 9.97 Å². The molecular formula is C17H28N4. The van der Waals surface area contributed by atoms with Crippen LogP contribution in [0.4, 0.5) is 11.6 Å². The predicted molar refractivity (Wildman–Crippen MR) is 88.1 cm³/mol. The van der Waals surface area contributed by atoms with Crippen LogP contribution in [0.15, 0.2) is 0 Å². The molecule has 1 unspecified atom stereocenters. The van der Waals surface area contributed by atoms with Crippen LogP contribution in [0.5, 0.6) is 0 Å². The number of nitrogens with zero attached hydrogens (tertiary/aromatic N) is 3. The van der Waals surface area contributed by atoms with Gasteiger partial charge < -0.3 is 10.2 Å². The standard InChI is InChI=1S/C17H28N4/c1-4-13-7-6-10-21(11-13)17-12(3)15(18-5-2)19-16(20-17)14-8-9-14/h13-14H,4-11H2,1-3H3,(H,18,19,20). The first-order chi connectivity index (χ1) is 10.2. The van der Waals surface area contributed by atoms with Crippen molar-refractivity contribution in [2.24, 2.45) is 5.92 Å². The molecule has 1 atom stereocenters. The molecule has 2 fully saturated rings. The van der Waals surface area contributed by atoms with Gasteiger partial charge in [0.2, 0.25) is 0 Å². The highest BCUT2D eigenvalue weighted by Gasteiger charge is 2.30. The third-order valence-corrected chi connectivity index (χ3v) is 4.82. The van der Waals surface area contributed by atoms with Gasteiger partial charge in [0.15, 0.2) is 0 Å². The average molecular weight is 288 g/mol. The summed E-state index contributed by atoms with van der Waals surface area (Å²) in [4.78, 5) is 12.2. The Morgan fingerprint density at radius 1 is 1.19 bits per heavy atom. The minimum atomic E-state index is 0.605. The topological polar surface area (TPSA) is 41.1 Å². The zero-order valence-electron chi connectivity index (χ0n) is 13.7. The van der Waals surface area contributed by atoms with E-state index >= 15 is 0 Å². The molecule has 1 aromatic rings. The first-order valence-corrected chi connectivity index (χ1v) is 8.60. The molecule has 0 radical (unpaired) electrons. The van der Waals surface area contributed by atoms with Crippen molar-refractivity contribution in [3.63, 3.8) is 0 Å². The van der Waals surface area contributed by atoms with Crippen LogP contribution in [0.1, 0.15) is 63.3 Å². The molecule has 4 heteroatoms. The van der Waals surface area contributed by atoms with Crippen LogP contribution in [0.3, 0.4) is 0 Å². The van der Waals surface area contributed by atoms with Gasteiger partial charge in [-0.15, -0.1) is 0 Å². The number of nitrogens with one attached hydrogen (secondary N) is 1. The molecule has 4 nitrogen and oxygen atoms in total. The maximum atomic E-state index is 4.94. The number of aromatic nitrogens is 2. The molecule has 0 spiro atoms. The van der Waals surface area contributed by atoms with Crippen LogP contribution in [-0.4, -0.2) is 29.6 Å². The summed E-state index contributed by atoms with van der Waals surface area (Å²) in [6.45, 7) is 9.82. The minimum Gasteiger partial charge on any atom is -0.370 e. The first-order valence-electron chi connectivity index (χ1n) is 8.60. The lowest BCUT2D eigenvalue weighted by molar-refractivity contribution is 0.402. The van der Waals surface area contributed by atoms with Crippen molar-refractivity contribution in [2.45, 2.75) is 58.8 Å². The molecule has 0 amide bonds. The van der Waals surface area contributed by atoms with Gasteiger partial charge in [0.05, 0.1) is 0 Å². The van der Waals surface area contributed by atoms with Crippen molar-refractivity contribution in [1.82, 2.24) is 9.97 Å². The van der Waals surface area contributed by atoms with E-state index in [1.807, 2.05) is 0 Å². The van der Waals surface area contributed by atoms with Gasteiger partial charge in [-0.25, -0.2) is 9.97 Å². The van der Waals surface area contributed by atoms with Gasteiger partial charge in [0.1, 0.15) is 17.5 Å². The molecule has 3 rings (SSSR count). The van der Waals surface area contributed by atoms with Crippen molar-refractivity contribution in [3.05, 3.63) is 11.4 Å². The zero-order chi connectivity index (χ0) is 14.8. The lowest BCUT2D eigenvalue weighted by Gasteiger charge is -2.34. The summed E-state index contributed by atoms with van der Waals surface area (Å²) in [6, 6.07) is 0. The number of rotatable bonds is 5. The Kier molecular flexibility index (Phi) is 4.32. The molecule has 1 saturated carbocycles. The summed E-state index contributed by atoms with van der Waals surface area (Å²) in [5.74, 6) is 4.71. The lowest BCUT2D eigenvalue weighted by atomic mass is 9.95. The van der Waals surface area contributed by atoms with Crippen LogP contribution in [0.25, 0.3) is 0 Å². The summed E-state index contributed by atoms with van der Waals surface area (Å²) in [6.07, 6.45) is 6.44. The SMILES string of the molecule is CCNc1nc(C2CC2)nc(N2CCCC(CC)C2)c1C. The molecule has 2 aliphatic rings. The van der Waals surface area contributed by atoms with Crippen molar-refractivity contribution in [1.29, 1.82) is 0 Å². The number of anilines is 2. The second-order valence-corrected chi connectivity index (χ2v) is 6.55. The number of hydrogen-bond acceptors (Lipinski definition) is 4. The van der Waals surface area contributed by atoms with Gasteiger partial charge in [0, 0.05) is 31.1 Å². The number of hydrogen-bond donors (Lipinski definition) is 1. The Balaban J connectivity index is 1.91. The third kappa shape index (κ3) is 3.14. The van der Waals surface area contributed by atoms with E-state index in [-0.39, 0.29) is 0 Å². The third-order valence-electron chi connectivity index (χ3n) is 4.82. The van der Waals surface area contributed by atoms with Crippen molar-refractivity contribution in [3.8, 4) is 0 Å². The molecular weight excluding hydrogens is 260 g/mol. The summed E-state index contributed by atoms with van der Waals surface area (Å²) >= 11 is 0. The molecule has 0 bridgehead atoms. The van der Waals surface area contributed by atoms with Crippen LogP contribution < -0.4 is 10.2 Å². The Bertz CT molecular complexity index is 496. The molecule has 1 saturated heterocycles. The Labute approximate surface area is 128 Å². The number of piperidine rings is 1. The molecule has 1 N–H and O–H groups in total. The highest BCUT2D eigenvalue weighted by atomic mass is 15.2. The fourth-order valence-corrected chi connectivity index (χ4v) is 3.28. The van der Waals surface area contributed by atoms with Crippen LogP contribution in [-0.2, 0) is 0 Å².